The first-order valence-corrected chi connectivity index (χ1v) is 9.69. The van der Waals surface area contributed by atoms with E-state index in [2.05, 4.69) is 61.4 Å². The lowest BCUT2D eigenvalue weighted by Gasteiger charge is -2.30. The fraction of sp³-hybridized carbons (Fsp3) is 0.938. The molecule has 2 N–H and O–H groups in total. The first kappa shape index (κ1) is 24.6. The van der Waals surface area contributed by atoms with Crippen LogP contribution >= 0.6 is 35.7 Å². The molecule has 0 aromatic rings. The van der Waals surface area contributed by atoms with Gasteiger partial charge in [-0.2, -0.15) is 11.8 Å². The number of halogens is 1. The van der Waals surface area contributed by atoms with Gasteiger partial charge in [0.2, 0.25) is 0 Å². The number of hydrogen-bond acceptors (Lipinski definition) is 3. The highest BCUT2D eigenvalue weighted by atomic mass is 127. The molecule has 0 atom stereocenters. The van der Waals surface area contributed by atoms with Gasteiger partial charge in [-0.3, -0.25) is 9.89 Å². The maximum atomic E-state index is 4.64. The summed E-state index contributed by atoms with van der Waals surface area (Å²) in [6, 6.07) is 1.16. The number of nitrogens with one attached hydrogen (secondary N) is 2. The van der Waals surface area contributed by atoms with Gasteiger partial charge in [-0.25, -0.2) is 0 Å². The number of hydrogen-bond donors (Lipinski definition) is 2. The Morgan fingerprint density at radius 3 is 2.23 bits per heavy atom. The number of thioether (sulfide) groups is 1. The van der Waals surface area contributed by atoms with E-state index in [1.54, 1.807) is 0 Å². The summed E-state index contributed by atoms with van der Waals surface area (Å²) in [5.41, 5.74) is 0. The van der Waals surface area contributed by atoms with Gasteiger partial charge in [0.1, 0.15) is 0 Å². The molecule has 0 rings (SSSR count). The summed E-state index contributed by atoms with van der Waals surface area (Å²) >= 11 is 1.91. The zero-order chi connectivity index (χ0) is 16.1. The van der Waals surface area contributed by atoms with Crippen LogP contribution in [-0.2, 0) is 0 Å². The highest BCUT2D eigenvalue weighted by Gasteiger charge is 2.12. The summed E-state index contributed by atoms with van der Waals surface area (Å²) < 4.78 is 0. The van der Waals surface area contributed by atoms with Crippen molar-refractivity contribution in [3.05, 3.63) is 0 Å². The molecule has 0 aliphatic heterocycles. The Morgan fingerprint density at radius 2 is 1.73 bits per heavy atom. The zero-order valence-corrected chi connectivity index (χ0v) is 18.5. The second-order valence-electron chi connectivity index (χ2n) is 5.81. The Hall–Kier alpha value is 0.310. The molecule has 0 radical (unpaired) electrons. The van der Waals surface area contributed by atoms with Crippen molar-refractivity contribution in [1.29, 1.82) is 0 Å². The minimum Gasteiger partial charge on any atom is -0.357 e. The van der Waals surface area contributed by atoms with Crippen molar-refractivity contribution in [1.82, 2.24) is 15.5 Å². The normalized spacial score (nSPS) is 12.0. The van der Waals surface area contributed by atoms with E-state index in [1.807, 2.05) is 11.8 Å². The lowest BCUT2D eigenvalue weighted by molar-refractivity contribution is 0.178. The van der Waals surface area contributed by atoms with Crippen molar-refractivity contribution in [3.8, 4) is 0 Å². The van der Waals surface area contributed by atoms with Gasteiger partial charge < -0.3 is 10.6 Å². The standard InChI is InChI=1S/C16H36N4S.HI/c1-7-17-16(18-10-8-9-13-21-6)19-11-12-20(14(2)3)15(4)5;/h14-15H,7-13H2,1-6H3,(H2,17,18,19);1H. The van der Waals surface area contributed by atoms with Crippen LogP contribution in [0.4, 0.5) is 0 Å². The van der Waals surface area contributed by atoms with Gasteiger partial charge in [-0.05, 0) is 59.5 Å². The highest BCUT2D eigenvalue weighted by Crippen LogP contribution is 2.03. The molecule has 22 heavy (non-hydrogen) atoms. The van der Waals surface area contributed by atoms with Gasteiger partial charge in [0.15, 0.2) is 5.96 Å². The third kappa shape index (κ3) is 12.8. The molecular weight excluding hydrogens is 407 g/mol. The molecule has 0 aromatic carbocycles. The van der Waals surface area contributed by atoms with E-state index in [0.717, 1.165) is 32.1 Å². The van der Waals surface area contributed by atoms with Crippen molar-refractivity contribution in [2.75, 3.05) is 38.2 Å². The molecule has 0 saturated carbocycles. The second-order valence-corrected chi connectivity index (χ2v) is 6.80. The van der Waals surface area contributed by atoms with Crippen LogP contribution in [0.15, 0.2) is 4.99 Å². The van der Waals surface area contributed by atoms with Gasteiger partial charge in [0.05, 0.1) is 0 Å². The molecule has 4 nitrogen and oxygen atoms in total. The molecule has 0 spiro atoms. The van der Waals surface area contributed by atoms with E-state index in [-0.39, 0.29) is 24.0 Å². The molecule has 134 valence electrons. The quantitative estimate of drug-likeness (QED) is 0.222. The van der Waals surface area contributed by atoms with Gasteiger partial charge in [-0.1, -0.05) is 0 Å². The van der Waals surface area contributed by atoms with Gasteiger partial charge >= 0.3 is 0 Å². The minimum absolute atomic E-state index is 0. The second kappa shape index (κ2) is 16.2. The van der Waals surface area contributed by atoms with Crippen LogP contribution in [0, 0.1) is 0 Å². The lowest BCUT2D eigenvalue weighted by atomic mass is 10.2. The summed E-state index contributed by atoms with van der Waals surface area (Å²) in [5, 5.41) is 6.76. The molecule has 0 fully saturated rings. The minimum atomic E-state index is 0. The molecule has 0 aliphatic carbocycles. The molecule has 0 heterocycles. The fourth-order valence-corrected chi connectivity index (χ4v) is 2.80. The van der Waals surface area contributed by atoms with E-state index in [4.69, 9.17) is 0 Å². The van der Waals surface area contributed by atoms with Crippen LogP contribution < -0.4 is 10.6 Å². The smallest absolute Gasteiger partial charge is 0.191 e. The first-order chi connectivity index (χ1) is 10.0. The number of nitrogens with zero attached hydrogens (tertiary/aromatic N) is 2. The maximum absolute atomic E-state index is 4.64. The third-order valence-corrected chi connectivity index (χ3v) is 4.06. The van der Waals surface area contributed by atoms with Crippen LogP contribution in [0.3, 0.4) is 0 Å². The first-order valence-electron chi connectivity index (χ1n) is 8.29. The van der Waals surface area contributed by atoms with Crippen molar-refractivity contribution < 1.29 is 0 Å². The van der Waals surface area contributed by atoms with E-state index < -0.39 is 0 Å². The van der Waals surface area contributed by atoms with Crippen molar-refractivity contribution in [2.45, 2.75) is 59.5 Å². The number of aliphatic imine (C=N–C) groups is 1. The molecule has 0 aromatic heterocycles. The van der Waals surface area contributed by atoms with E-state index >= 15 is 0 Å². The Bertz CT molecular complexity index is 265. The fourth-order valence-electron chi connectivity index (χ4n) is 2.31. The van der Waals surface area contributed by atoms with E-state index in [9.17, 15) is 0 Å². The summed E-state index contributed by atoms with van der Waals surface area (Å²) in [7, 11) is 0. The van der Waals surface area contributed by atoms with Crippen LogP contribution in [0.25, 0.3) is 0 Å². The molecule has 0 amide bonds. The third-order valence-electron chi connectivity index (χ3n) is 3.36. The zero-order valence-electron chi connectivity index (χ0n) is 15.3. The molecule has 0 aliphatic rings. The van der Waals surface area contributed by atoms with Gasteiger partial charge in [-0.15, -0.1) is 24.0 Å². The summed E-state index contributed by atoms with van der Waals surface area (Å²) in [5.74, 6) is 2.19. The molecule has 0 saturated heterocycles. The Balaban J connectivity index is 0. The maximum Gasteiger partial charge on any atom is 0.191 e. The van der Waals surface area contributed by atoms with Crippen molar-refractivity contribution >= 4 is 41.7 Å². The SMILES string of the molecule is CCNC(=NCCCCSC)NCCN(C(C)C)C(C)C.I. The number of guanidine groups is 1. The summed E-state index contributed by atoms with van der Waals surface area (Å²) in [6.07, 6.45) is 4.57. The summed E-state index contributed by atoms with van der Waals surface area (Å²) in [4.78, 5) is 7.13. The number of rotatable bonds is 11. The Kier molecular flexibility index (Phi) is 18.1. The van der Waals surface area contributed by atoms with E-state index in [1.165, 1.54) is 18.6 Å². The van der Waals surface area contributed by atoms with Crippen LogP contribution in [0.1, 0.15) is 47.5 Å². The Labute approximate surface area is 159 Å². The predicted molar refractivity (Wildman–Crippen MR) is 114 cm³/mol. The van der Waals surface area contributed by atoms with Crippen LogP contribution in [0.5, 0.6) is 0 Å². The largest absolute Gasteiger partial charge is 0.357 e. The predicted octanol–water partition coefficient (Wildman–Crippen LogP) is 3.42. The average Bonchev–Trinajstić information content (AvgIpc) is 2.42. The topological polar surface area (TPSA) is 39.7 Å². The summed E-state index contributed by atoms with van der Waals surface area (Å²) in [6.45, 7) is 14.9. The number of unbranched alkanes of at least 4 members (excludes halogenated alkanes) is 1. The molecule has 0 bridgehead atoms. The average molecular weight is 444 g/mol. The Morgan fingerprint density at radius 1 is 1.09 bits per heavy atom. The highest BCUT2D eigenvalue weighted by molar-refractivity contribution is 14.0. The van der Waals surface area contributed by atoms with Crippen molar-refractivity contribution in [3.63, 3.8) is 0 Å². The van der Waals surface area contributed by atoms with E-state index in [0.29, 0.717) is 12.1 Å². The van der Waals surface area contributed by atoms with Crippen LogP contribution in [-0.4, -0.2) is 61.1 Å². The molecule has 6 heteroatoms. The van der Waals surface area contributed by atoms with Crippen LogP contribution in [0.2, 0.25) is 0 Å². The monoisotopic (exact) mass is 444 g/mol. The lowest BCUT2D eigenvalue weighted by Crippen LogP contribution is -2.45. The molecule has 0 unspecified atom stereocenters. The van der Waals surface area contributed by atoms with Gasteiger partial charge in [0, 0.05) is 38.3 Å². The molecular formula is C16H37IN4S. The van der Waals surface area contributed by atoms with Gasteiger partial charge in [0.25, 0.3) is 0 Å². The van der Waals surface area contributed by atoms with Crippen molar-refractivity contribution in [2.24, 2.45) is 4.99 Å².